The van der Waals surface area contributed by atoms with Gasteiger partial charge < -0.3 is 11.1 Å². The van der Waals surface area contributed by atoms with Crippen molar-refractivity contribution < 1.29 is 4.79 Å². The second kappa shape index (κ2) is 5.63. The SMILES string of the molecule is Cc1cc(I)ccc1NC(=O)C(C)C(C)N. The molecule has 1 amide bonds. The van der Waals surface area contributed by atoms with Crippen molar-refractivity contribution in [3.8, 4) is 0 Å². The smallest absolute Gasteiger partial charge is 0.228 e. The van der Waals surface area contributed by atoms with Crippen molar-refractivity contribution in [1.82, 2.24) is 0 Å². The monoisotopic (exact) mass is 332 g/mol. The Morgan fingerprint density at radius 1 is 1.44 bits per heavy atom. The van der Waals surface area contributed by atoms with E-state index in [1.165, 1.54) is 0 Å². The highest BCUT2D eigenvalue weighted by molar-refractivity contribution is 14.1. The van der Waals surface area contributed by atoms with Gasteiger partial charge in [-0.3, -0.25) is 4.79 Å². The van der Waals surface area contributed by atoms with Gasteiger partial charge >= 0.3 is 0 Å². The number of anilines is 1. The molecule has 1 aromatic carbocycles. The molecule has 0 bridgehead atoms. The molecule has 2 atom stereocenters. The van der Waals surface area contributed by atoms with E-state index in [1.54, 1.807) is 0 Å². The molecule has 2 unspecified atom stereocenters. The maximum atomic E-state index is 11.8. The molecule has 0 saturated heterocycles. The minimum atomic E-state index is -0.182. The summed E-state index contributed by atoms with van der Waals surface area (Å²) in [4.78, 5) is 11.8. The quantitative estimate of drug-likeness (QED) is 0.836. The summed E-state index contributed by atoms with van der Waals surface area (Å²) in [7, 11) is 0. The van der Waals surface area contributed by atoms with E-state index in [0.717, 1.165) is 14.8 Å². The van der Waals surface area contributed by atoms with Gasteiger partial charge in [-0.05, 0) is 60.2 Å². The first-order valence-corrected chi connectivity index (χ1v) is 6.32. The van der Waals surface area contributed by atoms with Crippen LogP contribution in [-0.4, -0.2) is 11.9 Å². The third kappa shape index (κ3) is 3.45. The maximum absolute atomic E-state index is 11.8. The molecule has 4 heteroatoms. The summed E-state index contributed by atoms with van der Waals surface area (Å²) < 4.78 is 1.16. The van der Waals surface area contributed by atoms with Gasteiger partial charge in [-0.15, -0.1) is 0 Å². The number of carbonyl (C=O) groups is 1. The van der Waals surface area contributed by atoms with Crippen LogP contribution in [0.3, 0.4) is 0 Å². The van der Waals surface area contributed by atoms with Crippen LogP contribution in [0.2, 0.25) is 0 Å². The number of aryl methyl sites for hydroxylation is 1. The van der Waals surface area contributed by atoms with Crippen LogP contribution >= 0.6 is 22.6 Å². The highest BCUT2D eigenvalue weighted by atomic mass is 127. The van der Waals surface area contributed by atoms with Crippen LogP contribution in [-0.2, 0) is 4.79 Å². The van der Waals surface area contributed by atoms with E-state index in [9.17, 15) is 4.79 Å². The van der Waals surface area contributed by atoms with E-state index < -0.39 is 0 Å². The molecule has 16 heavy (non-hydrogen) atoms. The lowest BCUT2D eigenvalue weighted by molar-refractivity contribution is -0.119. The molecule has 3 N–H and O–H groups in total. The fourth-order valence-electron chi connectivity index (χ4n) is 1.25. The van der Waals surface area contributed by atoms with Crippen molar-refractivity contribution in [2.75, 3.05) is 5.32 Å². The molecule has 0 aliphatic carbocycles. The van der Waals surface area contributed by atoms with Gasteiger partial charge in [0.25, 0.3) is 0 Å². The molecule has 88 valence electrons. The first-order chi connectivity index (χ1) is 7.41. The van der Waals surface area contributed by atoms with Crippen LogP contribution < -0.4 is 11.1 Å². The molecular weight excluding hydrogens is 315 g/mol. The van der Waals surface area contributed by atoms with Gasteiger partial charge in [0, 0.05) is 15.3 Å². The Morgan fingerprint density at radius 2 is 2.06 bits per heavy atom. The first-order valence-electron chi connectivity index (χ1n) is 5.24. The molecular formula is C12H17IN2O. The van der Waals surface area contributed by atoms with E-state index in [0.29, 0.717) is 0 Å². The third-order valence-corrected chi connectivity index (χ3v) is 3.32. The summed E-state index contributed by atoms with van der Waals surface area (Å²) in [6.07, 6.45) is 0. The second-order valence-corrected chi connectivity index (χ2v) is 5.34. The predicted octanol–water partition coefficient (Wildman–Crippen LogP) is 2.52. The van der Waals surface area contributed by atoms with Gasteiger partial charge in [0.2, 0.25) is 5.91 Å². The number of hydrogen-bond donors (Lipinski definition) is 2. The Kier molecular flexibility index (Phi) is 4.73. The van der Waals surface area contributed by atoms with E-state index in [4.69, 9.17) is 5.73 Å². The molecule has 0 fully saturated rings. The van der Waals surface area contributed by atoms with E-state index >= 15 is 0 Å². The van der Waals surface area contributed by atoms with Gasteiger partial charge in [-0.1, -0.05) is 6.92 Å². The van der Waals surface area contributed by atoms with Gasteiger partial charge in [-0.2, -0.15) is 0 Å². The topological polar surface area (TPSA) is 55.1 Å². The zero-order valence-corrected chi connectivity index (χ0v) is 11.9. The van der Waals surface area contributed by atoms with Crippen LogP contribution in [0.25, 0.3) is 0 Å². The average Bonchev–Trinajstić information content (AvgIpc) is 2.20. The summed E-state index contributed by atoms with van der Waals surface area (Å²) in [6, 6.07) is 5.79. The highest BCUT2D eigenvalue weighted by Crippen LogP contribution is 2.18. The number of benzene rings is 1. The zero-order valence-electron chi connectivity index (χ0n) is 9.75. The van der Waals surface area contributed by atoms with Crippen molar-refractivity contribution in [3.63, 3.8) is 0 Å². The van der Waals surface area contributed by atoms with Gasteiger partial charge in [0.05, 0.1) is 5.92 Å². The van der Waals surface area contributed by atoms with Gasteiger partial charge in [-0.25, -0.2) is 0 Å². The summed E-state index contributed by atoms with van der Waals surface area (Å²) in [5.41, 5.74) is 7.62. The lowest BCUT2D eigenvalue weighted by Gasteiger charge is -2.16. The van der Waals surface area contributed by atoms with Crippen molar-refractivity contribution in [2.45, 2.75) is 26.8 Å². The molecule has 1 aromatic rings. The normalized spacial score (nSPS) is 14.3. The summed E-state index contributed by atoms with van der Waals surface area (Å²) in [6.45, 7) is 5.65. The van der Waals surface area contributed by atoms with Gasteiger partial charge in [0.15, 0.2) is 0 Å². The van der Waals surface area contributed by atoms with Crippen molar-refractivity contribution in [3.05, 3.63) is 27.3 Å². The first kappa shape index (κ1) is 13.4. The van der Waals surface area contributed by atoms with Crippen LogP contribution in [0.5, 0.6) is 0 Å². The van der Waals surface area contributed by atoms with E-state index in [2.05, 4.69) is 27.9 Å². The van der Waals surface area contributed by atoms with Crippen molar-refractivity contribution in [2.24, 2.45) is 11.7 Å². The molecule has 0 saturated carbocycles. The Balaban J connectivity index is 2.77. The van der Waals surface area contributed by atoms with Crippen molar-refractivity contribution in [1.29, 1.82) is 0 Å². The lowest BCUT2D eigenvalue weighted by atomic mass is 10.0. The fraction of sp³-hybridized carbons (Fsp3) is 0.417. The number of nitrogens with two attached hydrogens (primary N) is 1. The Hall–Kier alpha value is -0.620. The molecule has 0 spiro atoms. The molecule has 1 rings (SSSR count). The molecule has 0 heterocycles. The number of nitrogens with one attached hydrogen (secondary N) is 1. The molecule has 0 aliphatic rings. The zero-order chi connectivity index (χ0) is 12.3. The average molecular weight is 332 g/mol. The largest absolute Gasteiger partial charge is 0.327 e. The predicted molar refractivity (Wildman–Crippen MR) is 75.3 cm³/mol. The molecule has 3 nitrogen and oxygen atoms in total. The fourth-order valence-corrected chi connectivity index (χ4v) is 1.90. The summed E-state index contributed by atoms with van der Waals surface area (Å²) in [5.74, 6) is -0.210. The van der Waals surface area contributed by atoms with E-state index in [-0.39, 0.29) is 17.9 Å². The summed E-state index contributed by atoms with van der Waals surface area (Å²) in [5, 5.41) is 2.90. The Bertz CT molecular complexity index is 391. The maximum Gasteiger partial charge on any atom is 0.228 e. The van der Waals surface area contributed by atoms with Crippen LogP contribution in [0, 0.1) is 16.4 Å². The van der Waals surface area contributed by atoms with Crippen LogP contribution in [0.15, 0.2) is 18.2 Å². The Morgan fingerprint density at radius 3 is 2.56 bits per heavy atom. The number of rotatable bonds is 3. The molecule has 0 aromatic heterocycles. The Labute approximate surface area is 110 Å². The summed E-state index contributed by atoms with van der Waals surface area (Å²) >= 11 is 2.25. The molecule has 0 aliphatic heterocycles. The van der Waals surface area contributed by atoms with Crippen molar-refractivity contribution >= 4 is 34.2 Å². The van der Waals surface area contributed by atoms with E-state index in [1.807, 2.05) is 39.0 Å². The third-order valence-electron chi connectivity index (χ3n) is 2.65. The minimum Gasteiger partial charge on any atom is -0.327 e. The standard InChI is InChI=1S/C12H17IN2O/c1-7-6-10(13)4-5-11(7)15-12(16)8(2)9(3)14/h4-6,8-9H,14H2,1-3H3,(H,15,16). The second-order valence-electron chi connectivity index (χ2n) is 4.10. The number of hydrogen-bond acceptors (Lipinski definition) is 2. The number of amides is 1. The molecule has 0 radical (unpaired) electrons. The highest BCUT2D eigenvalue weighted by Gasteiger charge is 2.17. The van der Waals surface area contributed by atoms with Gasteiger partial charge in [0.1, 0.15) is 0 Å². The number of halogens is 1. The lowest BCUT2D eigenvalue weighted by Crippen LogP contribution is -2.34. The number of carbonyl (C=O) groups excluding carboxylic acids is 1. The van der Waals surface area contributed by atoms with Crippen LogP contribution in [0.4, 0.5) is 5.69 Å². The van der Waals surface area contributed by atoms with Crippen LogP contribution in [0.1, 0.15) is 19.4 Å². The minimum absolute atomic E-state index is 0.0284.